The lowest BCUT2D eigenvalue weighted by molar-refractivity contribution is 0.158. The molecule has 0 saturated heterocycles. The molecule has 6 nitrogen and oxygen atoms in total. The Labute approximate surface area is 129 Å². The maximum Gasteiger partial charge on any atom is 0.227 e. The van der Waals surface area contributed by atoms with Crippen LogP contribution in [-0.2, 0) is 25.8 Å². The van der Waals surface area contributed by atoms with Crippen molar-refractivity contribution >= 4 is 11.6 Å². The van der Waals surface area contributed by atoms with E-state index in [1.165, 1.54) is 5.56 Å². The van der Waals surface area contributed by atoms with Gasteiger partial charge in [-0.25, -0.2) is 9.97 Å². The minimum Gasteiger partial charge on any atom is -0.393 e. The van der Waals surface area contributed by atoms with Crippen LogP contribution in [0.5, 0.6) is 0 Å². The monoisotopic (exact) mass is 297 g/mol. The Kier molecular flexibility index (Phi) is 3.48. The molecule has 2 aliphatic rings. The number of aryl methyl sites for hydroxylation is 1. The normalized spacial score (nSPS) is 20.1. The van der Waals surface area contributed by atoms with Crippen LogP contribution in [0.4, 0.5) is 11.6 Å². The van der Waals surface area contributed by atoms with Gasteiger partial charge in [0, 0.05) is 24.9 Å². The van der Waals surface area contributed by atoms with E-state index in [1.807, 2.05) is 18.5 Å². The predicted molar refractivity (Wildman–Crippen MR) is 83.0 cm³/mol. The van der Waals surface area contributed by atoms with Gasteiger partial charge < -0.3 is 15.7 Å². The Morgan fingerprint density at radius 3 is 3.05 bits per heavy atom. The van der Waals surface area contributed by atoms with Crippen molar-refractivity contribution in [2.24, 2.45) is 0 Å². The van der Waals surface area contributed by atoms with Crippen LogP contribution in [0.15, 0.2) is 18.5 Å². The zero-order valence-corrected chi connectivity index (χ0v) is 12.3. The molecule has 1 aliphatic heterocycles. The number of fused-ring (bicyclic) bond motifs is 2. The Hall–Kier alpha value is -2.05. The van der Waals surface area contributed by atoms with Gasteiger partial charge in [-0.15, -0.1) is 0 Å². The van der Waals surface area contributed by atoms with Crippen LogP contribution >= 0.6 is 0 Å². The van der Waals surface area contributed by atoms with Crippen molar-refractivity contribution in [2.45, 2.75) is 38.3 Å². The lowest BCUT2D eigenvalue weighted by Crippen LogP contribution is -2.25. The molecule has 0 radical (unpaired) electrons. The van der Waals surface area contributed by atoms with Gasteiger partial charge in [-0.05, 0) is 43.0 Å². The van der Waals surface area contributed by atoms with Gasteiger partial charge in [-0.3, -0.25) is 4.98 Å². The fourth-order valence-corrected chi connectivity index (χ4v) is 3.09. The van der Waals surface area contributed by atoms with Crippen LogP contribution < -0.4 is 10.6 Å². The summed E-state index contributed by atoms with van der Waals surface area (Å²) in [7, 11) is 0. The summed E-state index contributed by atoms with van der Waals surface area (Å²) in [6, 6.07) is 2.05. The first-order valence-corrected chi connectivity index (χ1v) is 7.76. The molecule has 1 unspecified atom stereocenters. The molecule has 4 rings (SSSR count). The van der Waals surface area contributed by atoms with Crippen molar-refractivity contribution in [3.63, 3.8) is 0 Å². The molecule has 0 spiro atoms. The van der Waals surface area contributed by atoms with E-state index in [4.69, 9.17) is 0 Å². The zero-order valence-electron chi connectivity index (χ0n) is 12.3. The molecule has 6 heteroatoms. The van der Waals surface area contributed by atoms with Gasteiger partial charge in [-0.2, -0.15) is 0 Å². The molecule has 2 aromatic heterocycles. The van der Waals surface area contributed by atoms with Gasteiger partial charge in [0.1, 0.15) is 0 Å². The molecule has 22 heavy (non-hydrogen) atoms. The number of aliphatic hydroxyl groups excluding tert-OH is 1. The Morgan fingerprint density at radius 2 is 2.09 bits per heavy atom. The van der Waals surface area contributed by atoms with Gasteiger partial charge in [0.25, 0.3) is 0 Å². The van der Waals surface area contributed by atoms with E-state index in [2.05, 4.69) is 25.6 Å². The number of pyridine rings is 1. The number of hydrogen-bond acceptors (Lipinski definition) is 6. The van der Waals surface area contributed by atoms with Crippen LogP contribution in [-0.4, -0.2) is 32.7 Å². The van der Waals surface area contributed by atoms with Crippen molar-refractivity contribution in [2.75, 3.05) is 11.9 Å². The summed E-state index contributed by atoms with van der Waals surface area (Å²) in [6.45, 7) is 1.78. The van der Waals surface area contributed by atoms with Gasteiger partial charge in [0.15, 0.2) is 0 Å². The van der Waals surface area contributed by atoms with Crippen molar-refractivity contribution in [3.8, 4) is 0 Å². The standard InChI is InChI=1S/C16H19N5O/c22-13-1-2-14-11(6-13)5-12(8-18-14)20-16-19-7-10-3-4-17-9-15(10)21-16/h5,7-8,13,17,22H,1-4,6,9H2,(H,19,20,21). The molecule has 2 aromatic rings. The molecule has 0 fully saturated rings. The second-order valence-corrected chi connectivity index (χ2v) is 5.94. The van der Waals surface area contributed by atoms with Gasteiger partial charge in [-0.1, -0.05) is 0 Å². The summed E-state index contributed by atoms with van der Waals surface area (Å²) in [5, 5.41) is 16.3. The first-order chi connectivity index (χ1) is 10.8. The van der Waals surface area contributed by atoms with Crippen LogP contribution in [0, 0.1) is 0 Å². The highest BCUT2D eigenvalue weighted by molar-refractivity contribution is 5.54. The number of nitrogens with one attached hydrogen (secondary N) is 2. The predicted octanol–water partition coefficient (Wildman–Crippen LogP) is 1.11. The molecule has 0 amide bonds. The number of anilines is 2. The number of aliphatic hydroxyl groups is 1. The minimum absolute atomic E-state index is 0.254. The molecule has 1 atom stereocenters. The summed E-state index contributed by atoms with van der Waals surface area (Å²) < 4.78 is 0. The molecule has 3 N–H and O–H groups in total. The second-order valence-electron chi connectivity index (χ2n) is 5.94. The largest absolute Gasteiger partial charge is 0.393 e. The lowest BCUT2D eigenvalue weighted by Gasteiger charge is -2.20. The Bertz CT molecular complexity index is 703. The maximum absolute atomic E-state index is 9.79. The number of aromatic nitrogens is 3. The van der Waals surface area contributed by atoms with Crippen LogP contribution in [0.25, 0.3) is 0 Å². The van der Waals surface area contributed by atoms with Crippen molar-refractivity contribution < 1.29 is 5.11 Å². The summed E-state index contributed by atoms with van der Waals surface area (Å²) in [5.74, 6) is 0.598. The Balaban J connectivity index is 1.57. The molecular weight excluding hydrogens is 278 g/mol. The SMILES string of the molecule is OC1CCc2ncc(Nc3ncc4c(n3)CNCC4)cc2C1. The summed E-state index contributed by atoms with van der Waals surface area (Å²) in [5.41, 5.74) is 5.35. The van der Waals surface area contributed by atoms with Crippen molar-refractivity contribution in [1.82, 2.24) is 20.3 Å². The van der Waals surface area contributed by atoms with Crippen molar-refractivity contribution in [1.29, 1.82) is 0 Å². The van der Waals surface area contributed by atoms with E-state index in [9.17, 15) is 5.11 Å². The number of hydrogen-bond donors (Lipinski definition) is 3. The summed E-state index contributed by atoms with van der Waals surface area (Å²) in [6.07, 6.45) is 6.76. The average molecular weight is 297 g/mol. The van der Waals surface area contributed by atoms with Gasteiger partial charge >= 0.3 is 0 Å². The van der Waals surface area contributed by atoms with Crippen LogP contribution in [0.3, 0.4) is 0 Å². The summed E-state index contributed by atoms with van der Waals surface area (Å²) >= 11 is 0. The maximum atomic E-state index is 9.79. The van der Waals surface area contributed by atoms with Crippen LogP contribution in [0.2, 0.25) is 0 Å². The first kappa shape index (κ1) is 13.6. The smallest absolute Gasteiger partial charge is 0.227 e. The fourth-order valence-electron chi connectivity index (χ4n) is 3.09. The zero-order chi connectivity index (χ0) is 14.9. The van der Waals surface area contributed by atoms with Crippen molar-refractivity contribution in [3.05, 3.63) is 41.0 Å². The van der Waals surface area contributed by atoms with E-state index in [0.717, 1.165) is 55.0 Å². The highest BCUT2D eigenvalue weighted by Crippen LogP contribution is 2.24. The fraction of sp³-hybridized carbons (Fsp3) is 0.438. The van der Waals surface area contributed by atoms with E-state index in [0.29, 0.717) is 12.4 Å². The highest BCUT2D eigenvalue weighted by Gasteiger charge is 2.18. The first-order valence-electron chi connectivity index (χ1n) is 7.76. The molecule has 0 saturated carbocycles. The molecule has 3 heterocycles. The van der Waals surface area contributed by atoms with E-state index in [1.54, 1.807) is 0 Å². The highest BCUT2D eigenvalue weighted by atomic mass is 16.3. The van der Waals surface area contributed by atoms with Gasteiger partial charge in [0.2, 0.25) is 5.95 Å². The topological polar surface area (TPSA) is 83.0 Å². The molecule has 1 aliphatic carbocycles. The van der Waals surface area contributed by atoms with E-state index < -0.39 is 0 Å². The number of rotatable bonds is 2. The average Bonchev–Trinajstić information content (AvgIpc) is 2.54. The lowest BCUT2D eigenvalue weighted by atomic mass is 9.93. The third-order valence-electron chi connectivity index (χ3n) is 4.30. The second kappa shape index (κ2) is 5.62. The molecule has 114 valence electrons. The summed E-state index contributed by atoms with van der Waals surface area (Å²) in [4.78, 5) is 13.5. The number of nitrogens with zero attached hydrogens (tertiary/aromatic N) is 3. The van der Waals surface area contributed by atoms with E-state index in [-0.39, 0.29) is 6.10 Å². The quantitative estimate of drug-likeness (QED) is 0.770. The van der Waals surface area contributed by atoms with E-state index >= 15 is 0 Å². The third-order valence-corrected chi connectivity index (χ3v) is 4.30. The van der Waals surface area contributed by atoms with Gasteiger partial charge in [0.05, 0.1) is 23.7 Å². The van der Waals surface area contributed by atoms with Crippen LogP contribution in [0.1, 0.15) is 28.9 Å². The minimum atomic E-state index is -0.254. The molecular formula is C16H19N5O. The molecule has 0 bridgehead atoms. The third kappa shape index (κ3) is 2.67. The Morgan fingerprint density at radius 1 is 1.14 bits per heavy atom. The molecule has 0 aromatic carbocycles.